The van der Waals surface area contributed by atoms with Gasteiger partial charge in [0.05, 0.1) is 37.4 Å². The lowest BCUT2D eigenvalue weighted by Gasteiger charge is -2.35. The van der Waals surface area contributed by atoms with Crippen LogP contribution in [0.15, 0.2) is 182 Å². The van der Waals surface area contributed by atoms with Gasteiger partial charge in [0.25, 0.3) is 11.8 Å². The minimum absolute atomic E-state index is 0.0434. The van der Waals surface area contributed by atoms with Gasteiger partial charge in [-0.3, -0.25) is 9.59 Å². The smallest absolute Gasteiger partial charge is 0.254 e. The van der Waals surface area contributed by atoms with Gasteiger partial charge in [0.2, 0.25) is 0 Å². The molecule has 0 aromatic heterocycles. The van der Waals surface area contributed by atoms with E-state index in [4.69, 9.17) is 9.47 Å². The van der Waals surface area contributed by atoms with Crippen molar-refractivity contribution in [3.63, 3.8) is 0 Å². The zero-order chi connectivity index (χ0) is 50.4. The molecule has 370 valence electrons. The molecule has 72 heavy (non-hydrogen) atoms. The molecule has 8 aromatic carbocycles. The largest absolute Gasteiger partial charge is 0.493 e. The number of unbranched alkanes of at least 4 members (excludes halogenated alkanes) is 6. The number of carbonyl (C=O) groups excluding carboxylic acids is 2. The molecule has 0 bridgehead atoms. The number of hydrogen-bond donors (Lipinski definition) is 0. The quantitative estimate of drug-likeness (QED) is 0.0600. The number of fused-ring (bicyclic) bond motifs is 2. The first-order valence-corrected chi connectivity index (χ1v) is 26.4. The first-order chi connectivity index (χ1) is 35.2. The zero-order valence-corrected chi connectivity index (χ0v) is 43.2. The van der Waals surface area contributed by atoms with Crippen LogP contribution in [0.2, 0.25) is 0 Å². The van der Waals surface area contributed by atoms with Crippen molar-refractivity contribution in [2.24, 2.45) is 0 Å². The van der Waals surface area contributed by atoms with E-state index in [2.05, 4.69) is 126 Å². The van der Waals surface area contributed by atoms with E-state index in [1.165, 1.54) is 0 Å². The maximum atomic E-state index is 15.1. The second-order valence-electron chi connectivity index (χ2n) is 19.3. The molecule has 0 N–H and O–H groups in total. The molecule has 0 aliphatic heterocycles. The molecular formula is C66H72N2O4. The number of amides is 2. The lowest BCUT2D eigenvalue weighted by Crippen LogP contribution is -2.36. The fraction of sp³-hybridized carbons (Fsp3) is 0.303. The topological polar surface area (TPSA) is 59.1 Å². The number of rotatable bonds is 23. The van der Waals surface area contributed by atoms with E-state index < -0.39 is 0 Å². The SMILES string of the molecule is CCCCCCOc1ccc2cc(C(=O)N(C(C)c3ccccc3)C(C)c3ccccc3)ccc2c1-c1c(OCCCCCC)ccc2cc(C(=O)N(C(C)c3ccccc3)C(C)c3ccccc3)ccc12. The van der Waals surface area contributed by atoms with Crippen molar-refractivity contribution < 1.29 is 19.1 Å². The number of hydrogen-bond acceptors (Lipinski definition) is 4. The third-order valence-corrected chi connectivity index (χ3v) is 14.5. The molecule has 8 rings (SSSR count). The number of ether oxygens (including phenoxy) is 2. The Morgan fingerprint density at radius 2 is 0.708 bits per heavy atom. The van der Waals surface area contributed by atoms with Crippen LogP contribution in [0, 0.1) is 0 Å². The van der Waals surface area contributed by atoms with Crippen LogP contribution in [0.4, 0.5) is 0 Å². The van der Waals surface area contributed by atoms with Crippen molar-refractivity contribution in [3.05, 3.63) is 215 Å². The van der Waals surface area contributed by atoms with Gasteiger partial charge in [0.15, 0.2) is 0 Å². The average molecular weight is 957 g/mol. The van der Waals surface area contributed by atoms with Crippen molar-refractivity contribution in [3.8, 4) is 22.6 Å². The van der Waals surface area contributed by atoms with Crippen LogP contribution in [0.3, 0.4) is 0 Å². The van der Waals surface area contributed by atoms with Crippen LogP contribution in [0.25, 0.3) is 32.7 Å². The van der Waals surface area contributed by atoms with Gasteiger partial charge in [-0.2, -0.15) is 0 Å². The Balaban J connectivity index is 1.26. The number of nitrogens with zero attached hydrogens (tertiary/aromatic N) is 2. The molecule has 8 aromatic rings. The fourth-order valence-corrected chi connectivity index (χ4v) is 10.3. The summed E-state index contributed by atoms with van der Waals surface area (Å²) in [6.07, 6.45) is 8.64. The lowest BCUT2D eigenvalue weighted by molar-refractivity contribution is 0.0596. The molecule has 4 atom stereocenters. The summed E-state index contributed by atoms with van der Waals surface area (Å²) in [6, 6.07) is 60.9. The molecule has 6 nitrogen and oxygen atoms in total. The summed E-state index contributed by atoms with van der Waals surface area (Å²) in [5.41, 5.74) is 7.35. The molecule has 0 saturated heterocycles. The van der Waals surface area contributed by atoms with E-state index in [9.17, 15) is 0 Å². The van der Waals surface area contributed by atoms with Gasteiger partial charge in [-0.15, -0.1) is 0 Å². The standard InChI is InChI=1S/C66H72N2O4/c1-7-9-11-25-43-71-61-41-37-55-45-57(65(69)67(47(3)51-27-17-13-18-28-51)48(4)52-29-19-14-20-30-52)35-39-59(55)63(61)64-60-40-36-58(46-56(60)38-42-62(64)72-44-26-12-10-8-2)66(70)68(49(5)53-31-21-15-22-32-53)50(6)54-33-23-16-24-34-54/h13-24,27-42,45-50H,7-12,25-26,43-44H2,1-6H3. The van der Waals surface area contributed by atoms with Crippen LogP contribution >= 0.6 is 0 Å². The first-order valence-electron chi connectivity index (χ1n) is 26.4. The minimum atomic E-state index is -0.191. The highest BCUT2D eigenvalue weighted by atomic mass is 16.5. The highest BCUT2D eigenvalue weighted by Gasteiger charge is 2.31. The van der Waals surface area contributed by atoms with E-state index in [1.807, 2.05) is 107 Å². The summed E-state index contributed by atoms with van der Waals surface area (Å²) in [7, 11) is 0. The van der Waals surface area contributed by atoms with Gasteiger partial charge in [-0.1, -0.05) is 198 Å². The van der Waals surface area contributed by atoms with E-state index in [0.29, 0.717) is 24.3 Å². The summed E-state index contributed by atoms with van der Waals surface area (Å²) in [5, 5.41) is 3.76. The Hall–Kier alpha value is -7.18. The van der Waals surface area contributed by atoms with Gasteiger partial charge < -0.3 is 19.3 Å². The molecule has 0 aliphatic rings. The maximum Gasteiger partial charge on any atom is 0.254 e. The van der Waals surface area contributed by atoms with Crippen LogP contribution in [-0.2, 0) is 0 Å². The molecule has 0 heterocycles. The zero-order valence-electron chi connectivity index (χ0n) is 43.2. The van der Waals surface area contributed by atoms with Crippen LogP contribution in [0.5, 0.6) is 11.5 Å². The van der Waals surface area contributed by atoms with Crippen molar-refractivity contribution in [2.75, 3.05) is 13.2 Å². The molecule has 0 radical (unpaired) electrons. The van der Waals surface area contributed by atoms with Crippen LogP contribution in [-0.4, -0.2) is 34.8 Å². The van der Waals surface area contributed by atoms with Crippen LogP contribution < -0.4 is 9.47 Å². The van der Waals surface area contributed by atoms with Gasteiger partial charge in [-0.25, -0.2) is 0 Å². The second-order valence-corrected chi connectivity index (χ2v) is 19.3. The molecule has 0 fully saturated rings. The summed E-state index contributed by atoms with van der Waals surface area (Å²) in [5.74, 6) is 1.44. The monoisotopic (exact) mass is 957 g/mol. The molecule has 0 saturated carbocycles. The Kier molecular flexibility index (Phi) is 17.6. The minimum Gasteiger partial charge on any atom is -0.493 e. The summed E-state index contributed by atoms with van der Waals surface area (Å²) >= 11 is 0. The van der Waals surface area contributed by atoms with Crippen molar-refractivity contribution in [1.82, 2.24) is 9.80 Å². The molecule has 0 spiro atoms. The molecule has 6 heteroatoms. The van der Waals surface area contributed by atoms with Gasteiger partial charge in [-0.05, 0) is 121 Å². The summed E-state index contributed by atoms with van der Waals surface area (Å²) in [4.78, 5) is 34.3. The summed E-state index contributed by atoms with van der Waals surface area (Å²) < 4.78 is 13.6. The highest BCUT2D eigenvalue weighted by molar-refractivity contribution is 6.12. The number of benzene rings is 8. The molecular weight excluding hydrogens is 885 g/mol. The van der Waals surface area contributed by atoms with E-state index in [-0.39, 0.29) is 36.0 Å². The van der Waals surface area contributed by atoms with E-state index >= 15 is 9.59 Å². The Labute approximate surface area is 428 Å². The highest BCUT2D eigenvalue weighted by Crippen LogP contribution is 2.47. The normalized spacial score (nSPS) is 13.0. The van der Waals surface area contributed by atoms with E-state index in [0.717, 1.165) is 118 Å². The Morgan fingerprint density at radius 1 is 0.389 bits per heavy atom. The lowest BCUT2D eigenvalue weighted by atomic mass is 9.90. The average Bonchev–Trinajstić information content (AvgIpc) is 3.43. The van der Waals surface area contributed by atoms with Gasteiger partial charge in [0.1, 0.15) is 11.5 Å². The van der Waals surface area contributed by atoms with Crippen molar-refractivity contribution in [1.29, 1.82) is 0 Å². The van der Waals surface area contributed by atoms with Crippen molar-refractivity contribution >= 4 is 33.4 Å². The Bertz CT molecular complexity index is 2710. The fourth-order valence-electron chi connectivity index (χ4n) is 10.3. The van der Waals surface area contributed by atoms with Crippen LogP contribution in [0.1, 0.15) is 160 Å². The molecule has 2 amide bonds. The number of carbonyl (C=O) groups is 2. The van der Waals surface area contributed by atoms with Gasteiger partial charge >= 0.3 is 0 Å². The maximum absolute atomic E-state index is 15.1. The second kappa shape index (κ2) is 24.8. The molecule has 4 unspecified atom stereocenters. The summed E-state index contributed by atoms with van der Waals surface area (Å²) in [6.45, 7) is 14.1. The Morgan fingerprint density at radius 3 is 1.01 bits per heavy atom. The van der Waals surface area contributed by atoms with Gasteiger partial charge in [0, 0.05) is 22.3 Å². The predicted molar refractivity (Wildman–Crippen MR) is 298 cm³/mol. The predicted octanol–water partition coefficient (Wildman–Crippen LogP) is 17.5. The third-order valence-electron chi connectivity index (χ3n) is 14.5. The molecule has 0 aliphatic carbocycles. The third kappa shape index (κ3) is 11.8. The first kappa shape index (κ1) is 51.2. The van der Waals surface area contributed by atoms with E-state index in [1.54, 1.807) is 0 Å². The van der Waals surface area contributed by atoms with Crippen molar-refractivity contribution in [2.45, 2.75) is 117 Å².